The molecule has 8 heteroatoms. The third-order valence-corrected chi connectivity index (χ3v) is 6.12. The maximum absolute atomic E-state index is 10.7. The minimum atomic E-state index is -0.437. The molecule has 0 bridgehead atoms. The summed E-state index contributed by atoms with van der Waals surface area (Å²) in [5.41, 5.74) is 2.26. The molecule has 172 valence electrons. The van der Waals surface area contributed by atoms with Crippen molar-refractivity contribution in [3.8, 4) is 0 Å². The summed E-state index contributed by atoms with van der Waals surface area (Å²) in [5.74, 6) is 0. The molecule has 0 amide bonds. The number of halogens is 1. The Labute approximate surface area is 195 Å². The van der Waals surface area contributed by atoms with E-state index >= 15 is 0 Å². The van der Waals surface area contributed by atoms with Gasteiger partial charge in [0, 0.05) is 38.3 Å². The van der Waals surface area contributed by atoms with E-state index in [9.17, 15) is 10.1 Å². The van der Waals surface area contributed by atoms with Gasteiger partial charge in [-0.1, -0.05) is 50.6 Å². The molecule has 0 unspecified atom stereocenters. The van der Waals surface area contributed by atoms with E-state index < -0.39 is 4.92 Å². The van der Waals surface area contributed by atoms with Crippen LogP contribution in [0.15, 0.2) is 52.7 Å². The predicted molar refractivity (Wildman–Crippen MR) is 131 cm³/mol. The number of piperazine rings is 1. The number of hydrogen-bond acceptors (Lipinski definition) is 6. The van der Waals surface area contributed by atoms with Gasteiger partial charge in [-0.2, -0.15) is 10.2 Å². The van der Waals surface area contributed by atoms with E-state index in [2.05, 4.69) is 27.0 Å². The third kappa shape index (κ3) is 7.28. The smallest absolute Gasteiger partial charge is 0.269 e. The summed E-state index contributed by atoms with van der Waals surface area (Å²) in [4.78, 5) is 15.2. The van der Waals surface area contributed by atoms with Crippen LogP contribution in [0.25, 0.3) is 0 Å². The molecule has 0 aromatic heterocycles. The summed E-state index contributed by atoms with van der Waals surface area (Å²) < 4.78 is 0. The van der Waals surface area contributed by atoms with Gasteiger partial charge in [-0.15, -0.1) is 0 Å². The van der Waals surface area contributed by atoms with Gasteiger partial charge in [0.15, 0.2) is 0 Å². The zero-order chi connectivity index (χ0) is 22.8. The van der Waals surface area contributed by atoms with E-state index in [0.29, 0.717) is 16.4 Å². The maximum Gasteiger partial charge on any atom is 0.269 e. The molecule has 1 aliphatic heterocycles. The summed E-state index contributed by atoms with van der Waals surface area (Å²) in [5, 5.41) is 19.8. The van der Waals surface area contributed by atoms with Crippen molar-refractivity contribution >= 4 is 34.4 Å². The van der Waals surface area contributed by atoms with Crippen LogP contribution in [0.5, 0.6) is 0 Å². The Morgan fingerprint density at radius 2 is 1.53 bits per heavy atom. The molecule has 0 N–H and O–H groups in total. The number of anilines is 1. The number of rotatable bonds is 11. The van der Waals surface area contributed by atoms with Crippen LogP contribution in [0.2, 0.25) is 5.02 Å². The zero-order valence-corrected chi connectivity index (χ0v) is 19.5. The second kappa shape index (κ2) is 12.5. The molecular weight excluding hydrogens is 426 g/mol. The highest BCUT2D eigenvalue weighted by atomic mass is 35.5. The molecule has 2 aromatic carbocycles. The van der Waals surface area contributed by atoms with E-state index in [4.69, 9.17) is 11.6 Å². The molecule has 32 heavy (non-hydrogen) atoms. The van der Waals surface area contributed by atoms with Gasteiger partial charge in [-0.05, 0) is 43.3 Å². The minimum absolute atomic E-state index is 0.0309. The predicted octanol–water partition coefficient (Wildman–Crippen LogP) is 7.15. The fourth-order valence-corrected chi connectivity index (χ4v) is 4.19. The van der Waals surface area contributed by atoms with Gasteiger partial charge in [0.25, 0.3) is 5.69 Å². The summed E-state index contributed by atoms with van der Waals surface area (Å²) in [6, 6.07) is 11.7. The number of nitrogens with zero attached hydrogens (tertiary/aromatic N) is 5. The number of nitro groups is 1. The zero-order valence-electron chi connectivity index (χ0n) is 18.8. The van der Waals surface area contributed by atoms with Crippen molar-refractivity contribution in [1.82, 2.24) is 4.90 Å². The topological polar surface area (TPSA) is 74.3 Å². The largest absolute Gasteiger partial charge is 0.368 e. The van der Waals surface area contributed by atoms with Gasteiger partial charge in [0.1, 0.15) is 0 Å². The molecule has 1 saturated heterocycles. The van der Waals surface area contributed by atoms with Crippen molar-refractivity contribution < 1.29 is 4.92 Å². The standard InChI is InChI=1S/C24H32ClN5O2/c1-2-3-4-5-6-7-14-28-15-17-29(18-16-28)24-13-10-21(19-23(24)25)27-26-20-8-11-22(12-9-20)30(31)32/h8-13,19H,2-7,14-18H2,1H3. The van der Waals surface area contributed by atoms with Crippen LogP contribution in [0.3, 0.4) is 0 Å². The van der Waals surface area contributed by atoms with Crippen molar-refractivity contribution in [2.24, 2.45) is 10.2 Å². The Kier molecular flexibility index (Phi) is 9.43. The number of benzene rings is 2. The highest BCUT2D eigenvalue weighted by Crippen LogP contribution is 2.31. The van der Waals surface area contributed by atoms with Gasteiger partial charge < -0.3 is 4.90 Å². The van der Waals surface area contributed by atoms with Crippen molar-refractivity contribution in [3.63, 3.8) is 0 Å². The third-order valence-electron chi connectivity index (χ3n) is 5.81. The Bertz CT molecular complexity index is 896. The van der Waals surface area contributed by atoms with Crippen molar-refractivity contribution in [3.05, 3.63) is 57.6 Å². The van der Waals surface area contributed by atoms with Crippen molar-refractivity contribution in [2.45, 2.75) is 45.4 Å². The average molecular weight is 458 g/mol. The second-order valence-corrected chi connectivity index (χ2v) is 8.61. The Morgan fingerprint density at radius 3 is 2.19 bits per heavy atom. The Morgan fingerprint density at radius 1 is 0.906 bits per heavy atom. The summed E-state index contributed by atoms with van der Waals surface area (Å²) in [6.07, 6.45) is 8.01. The summed E-state index contributed by atoms with van der Waals surface area (Å²) in [6.45, 7) is 7.51. The Hall–Kier alpha value is -2.51. The van der Waals surface area contributed by atoms with Gasteiger partial charge in [0.2, 0.25) is 0 Å². The molecule has 7 nitrogen and oxygen atoms in total. The molecule has 1 heterocycles. The Balaban J connectivity index is 1.47. The molecule has 0 atom stereocenters. The first-order valence-electron chi connectivity index (χ1n) is 11.5. The molecule has 0 spiro atoms. The molecule has 3 rings (SSSR count). The van der Waals surface area contributed by atoms with Gasteiger partial charge in [-0.3, -0.25) is 15.0 Å². The van der Waals surface area contributed by atoms with E-state index in [1.807, 2.05) is 18.2 Å². The summed E-state index contributed by atoms with van der Waals surface area (Å²) in [7, 11) is 0. The number of azo groups is 1. The van der Waals surface area contributed by atoms with Crippen molar-refractivity contribution in [2.75, 3.05) is 37.6 Å². The summed E-state index contributed by atoms with van der Waals surface area (Å²) >= 11 is 6.55. The number of hydrogen-bond donors (Lipinski definition) is 0. The van der Waals surface area contributed by atoms with Crippen LogP contribution in [0, 0.1) is 10.1 Å². The van der Waals surface area contributed by atoms with E-state index in [1.165, 1.54) is 57.2 Å². The molecule has 2 aromatic rings. The maximum atomic E-state index is 10.7. The number of unbranched alkanes of at least 4 members (excludes halogenated alkanes) is 5. The van der Waals surface area contributed by atoms with E-state index in [1.54, 1.807) is 12.1 Å². The van der Waals surface area contributed by atoms with Crippen LogP contribution >= 0.6 is 11.6 Å². The van der Waals surface area contributed by atoms with Gasteiger partial charge >= 0.3 is 0 Å². The lowest BCUT2D eigenvalue weighted by Crippen LogP contribution is -2.46. The first kappa shape index (κ1) is 24.1. The molecule has 1 aliphatic rings. The van der Waals surface area contributed by atoms with Crippen LogP contribution in [-0.2, 0) is 0 Å². The molecule has 0 radical (unpaired) electrons. The van der Waals surface area contributed by atoms with E-state index in [0.717, 1.165) is 31.9 Å². The molecule has 1 fully saturated rings. The minimum Gasteiger partial charge on any atom is -0.368 e. The average Bonchev–Trinajstić information content (AvgIpc) is 2.81. The first-order chi connectivity index (χ1) is 15.6. The van der Waals surface area contributed by atoms with Gasteiger partial charge in [0.05, 0.1) is 27.0 Å². The monoisotopic (exact) mass is 457 g/mol. The first-order valence-corrected chi connectivity index (χ1v) is 11.9. The fourth-order valence-electron chi connectivity index (χ4n) is 3.90. The van der Waals surface area contributed by atoms with E-state index in [-0.39, 0.29) is 5.69 Å². The van der Waals surface area contributed by atoms with Gasteiger partial charge in [-0.25, -0.2) is 0 Å². The lowest BCUT2D eigenvalue weighted by molar-refractivity contribution is -0.384. The van der Waals surface area contributed by atoms with Crippen LogP contribution in [-0.4, -0.2) is 42.5 Å². The van der Waals surface area contributed by atoms with Crippen LogP contribution < -0.4 is 4.90 Å². The van der Waals surface area contributed by atoms with Crippen molar-refractivity contribution in [1.29, 1.82) is 0 Å². The second-order valence-electron chi connectivity index (χ2n) is 8.21. The normalized spacial score (nSPS) is 14.9. The number of non-ortho nitro benzene ring substituents is 1. The SMILES string of the molecule is CCCCCCCCN1CCN(c2ccc(N=Nc3ccc([N+](=O)[O-])cc3)cc2Cl)CC1. The van der Waals surface area contributed by atoms with Crippen LogP contribution in [0.4, 0.5) is 22.7 Å². The fraction of sp³-hybridized carbons (Fsp3) is 0.500. The lowest BCUT2D eigenvalue weighted by atomic mass is 10.1. The molecule has 0 aliphatic carbocycles. The van der Waals surface area contributed by atoms with Crippen LogP contribution in [0.1, 0.15) is 45.4 Å². The molecular formula is C24H32ClN5O2. The molecule has 0 saturated carbocycles. The highest BCUT2D eigenvalue weighted by molar-refractivity contribution is 6.33. The quantitative estimate of drug-likeness (QED) is 0.155. The number of nitro benzene ring substituents is 1. The lowest BCUT2D eigenvalue weighted by Gasteiger charge is -2.36. The highest BCUT2D eigenvalue weighted by Gasteiger charge is 2.18.